The molecule has 0 aromatic heterocycles. The number of hydrogen-bond acceptors (Lipinski definition) is 3. The zero-order chi connectivity index (χ0) is 26.9. The van der Waals surface area contributed by atoms with Gasteiger partial charge in [0.05, 0.1) is 11.7 Å². The predicted octanol–water partition coefficient (Wildman–Crippen LogP) is 9.13. The lowest BCUT2D eigenvalue weighted by Crippen LogP contribution is -2.28. The molecule has 40 heavy (non-hydrogen) atoms. The largest absolute Gasteiger partial charge is 0.488 e. The number of fused-ring (bicyclic) bond motifs is 4. The van der Waals surface area contributed by atoms with Gasteiger partial charge in [-0.15, -0.1) is 0 Å². The number of anilines is 1. The van der Waals surface area contributed by atoms with Gasteiger partial charge in [-0.3, -0.25) is 4.99 Å². The molecule has 7 rings (SSSR count). The third kappa shape index (κ3) is 4.66. The molecule has 2 aliphatic rings. The molecule has 1 aliphatic carbocycles. The highest BCUT2D eigenvalue weighted by Crippen LogP contribution is 2.49. The van der Waals surface area contributed by atoms with E-state index in [9.17, 15) is 4.39 Å². The maximum absolute atomic E-state index is 13.7. The van der Waals surface area contributed by atoms with Crippen LogP contribution >= 0.6 is 0 Å². The lowest BCUT2D eigenvalue weighted by Gasteiger charge is -2.37. The highest BCUT2D eigenvalue weighted by atomic mass is 19.1. The highest BCUT2D eigenvalue weighted by molar-refractivity contribution is 6.03. The number of halogens is 1. The van der Waals surface area contributed by atoms with Crippen molar-refractivity contribution in [2.45, 2.75) is 25.0 Å². The molecule has 0 saturated heterocycles. The van der Waals surface area contributed by atoms with E-state index in [4.69, 9.17) is 9.73 Å². The van der Waals surface area contributed by atoms with Crippen LogP contribution in [0.5, 0.6) is 5.75 Å². The van der Waals surface area contributed by atoms with E-state index in [0.29, 0.717) is 17.6 Å². The normalized spacial score (nSPS) is 19.4. The number of ether oxygens (including phenoxy) is 1. The first-order valence-electron chi connectivity index (χ1n) is 13.8. The maximum Gasteiger partial charge on any atom is 0.129 e. The molecule has 5 aromatic carbocycles. The van der Waals surface area contributed by atoms with Gasteiger partial charge in [-0.1, -0.05) is 84.9 Å². The third-order valence-electron chi connectivity index (χ3n) is 8.08. The van der Waals surface area contributed by atoms with Crippen molar-refractivity contribution in [2.24, 2.45) is 10.9 Å². The third-order valence-corrected chi connectivity index (χ3v) is 8.08. The minimum atomic E-state index is -0.266. The molecule has 0 radical (unpaired) electrons. The van der Waals surface area contributed by atoms with Crippen LogP contribution in [0.2, 0.25) is 0 Å². The van der Waals surface area contributed by atoms with Crippen molar-refractivity contribution in [1.29, 1.82) is 0 Å². The summed E-state index contributed by atoms with van der Waals surface area (Å²) in [6.45, 7) is 0.278. The van der Waals surface area contributed by atoms with E-state index in [1.165, 1.54) is 28.9 Å². The summed E-state index contributed by atoms with van der Waals surface area (Å²) in [5.41, 5.74) is 6.46. The summed E-state index contributed by atoms with van der Waals surface area (Å²) < 4.78 is 19.9. The number of benzene rings is 5. The first kappa shape index (κ1) is 24.3. The highest BCUT2D eigenvalue weighted by Gasteiger charge is 2.37. The second kappa shape index (κ2) is 10.5. The van der Waals surface area contributed by atoms with E-state index >= 15 is 0 Å². The van der Waals surface area contributed by atoms with Crippen molar-refractivity contribution in [1.82, 2.24) is 0 Å². The van der Waals surface area contributed by atoms with Crippen LogP contribution in [-0.2, 0) is 6.61 Å². The van der Waals surface area contributed by atoms with Gasteiger partial charge in [0, 0.05) is 23.4 Å². The fraction of sp³-hybridized carbons (Fsp3) is 0.139. The van der Waals surface area contributed by atoms with Crippen LogP contribution < -0.4 is 10.1 Å². The maximum atomic E-state index is 13.7. The lowest BCUT2D eigenvalue weighted by atomic mass is 9.77. The van der Waals surface area contributed by atoms with Gasteiger partial charge in [-0.05, 0) is 76.2 Å². The fourth-order valence-corrected chi connectivity index (χ4v) is 6.10. The first-order chi connectivity index (χ1) is 19.7. The molecule has 0 unspecified atom stereocenters. The zero-order valence-electron chi connectivity index (χ0n) is 22.0. The van der Waals surface area contributed by atoms with Crippen molar-refractivity contribution in [3.63, 3.8) is 0 Å². The number of rotatable bonds is 6. The van der Waals surface area contributed by atoms with Gasteiger partial charge in [0.15, 0.2) is 0 Å². The van der Waals surface area contributed by atoms with E-state index in [2.05, 4.69) is 78.1 Å². The summed E-state index contributed by atoms with van der Waals surface area (Å²) in [4.78, 5) is 4.85. The molecule has 1 N–H and O–H groups in total. The molecule has 0 fully saturated rings. The molecule has 1 aliphatic heterocycles. The van der Waals surface area contributed by atoms with E-state index in [1.54, 1.807) is 6.07 Å². The number of nitrogens with one attached hydrogen (secondary N) is 1. The minimum absolute atomic E-state index is 0.258. The number of aliphatic imine (C=N–C) groups is 1. The molecule has 3 nitrogen and oxygen atoms in total. The second-order valence-electron chi connectivity index (χ2n) is 10.5. The SMILES string of the molecule is Fc1cccc(COc2ccc3ccccc3c2C=Nc2ccc([C@@H]3Nc4ccccc4[C@@H]4C=CC[C@@H]43)cc2)c1. The van der Waals surface area contributed by atoms with Crippen molar-refractivity contribution in [2.75, 3.05) is 5.32 Å². The lowest BCUT2D eigenvalue weighted by molar-refractivity contribution is 0.305. The Hall–Kier alpha value is -4.70. The predicted molar refractivity (Wildman–Crippen MR) is 161 cm³/mol. The summed E-state index contributed by atoms with van der Waals surface area (Å²) in [5, 5.41) is 5.97. The molecule has 196 valence electrons. The minimum Gasteiger partial charge on any atom is -0.488 e. The summed E-state index contributed by atoms with van der Waals surface area (Å²) in [6, 6.07) is 36.2. The standard InChI is InChI=1S/C36H29FN2O/c37-27-9-5-7-24(21-27)23-40-35-20-17-25-8-1-2-10-29(25)33(35)22-38-28-18-15-26(16-19-28)36-32-13-6-12-30(32)31-11-3-4-14-34(31)39-36/h1-12,14-22,30,32,36,39H,13,23H2/t30-,32-,36-/m0/s1. The van der Waals surface area contributed by atoms with Gasteiger partial charge in [0.25, 0.3) is 0 Å². The number of allylic oxidation sites excluding steroid dienone is 2. The molecule has 4 heteroatoms. The Labute approximate surface area is 233 Å². The molecule has 0 amide bonds. The molecule has 3 atom stereocenters. The average Bonchev–Trinajstić information content (AvgIpc) is 3.50. The van der Waals surface area contributed by atoms with E-state index < -0.39 is 0 Å². The van der Waals surface area contributed by atoms with Gasteiger partial charge in [-0.2, -0.15) is 0 Å². The van der Waals surface area contributed by atoms with Crippen molar-refractivity contribution in [3.8, 4) is 5.75 Å². The summed E-state index contributed by atoms with van der Waals surface area (Å²) in [7, 11) is 0. The van der Waals surface area contributed by atoms with Crippen molar-refractivity contribution < 1.29 is 9.13 Å². The molecule has 0 saturated carbocycles. The van der Waals surface area contributed by atoms with Crippen LogP contribution in [0, 0.1) is 11.7 Å². The molecule has 0 bridgehead atoms. The van der Waals surface area contributed by atoms with Gasteiger partial charge >= 0.3 is 0 Å². The number of nitrogens with zero attached hydrogens (tertiary/aromatic N) is 1. The Bertz CT molecular complexity index is 1740. The summed E-state index contributed by atoms with van der Waals surface area (Å²) in [6.07, 6.45) is 7.65. The van der Waals surface area contributed by atoms with Gasteiger partial charge < -0.3 is 10.1 Å². The van der Waals surface area contributed by atoms with Gasteiger partial charge in [0.1, 0.15) is 18.2 Å². The van der Waals surface area contributed by atoms with Gasteiger partial charge in [-0.25, -0.2) is 4.39 Å². The fourth-order valence-electron chi connectivity index (χ4n) is 6.10. The quantitative estimate of drug-likeness (QED) is 0.177. The Morgan fingerprint density at radius 3 is 2.62 bits per heavy atom. The Kier molecular flexibility index (Phi) is 6.37. The zero-order valence-corrected chi connectivity index (χ0v) is 22.0. The molecule has 5 aromatic rings. The topological polar surface area (TPSA) is 33.6 Å². The average molecular weight is 525 g/mol. The Morgan fingerprint density at radius 2 is 1.73 bits per heavy atom. The first-order valence-corrected chi connectivity index (χ1v) is 13.8. The van der Waals surface area contributed by atoms with Crippen LogP contribution in [-0.4, -0.2) is 6.21 Å². The summed E-state index contributed by atoms with van der Waals surface area (Å²) in [5.74, 6) is 1.42. The second-order valence-corrected chi connectivity index (χ2v) is 10.5. The van der Waals surface area contributed by atoms with E-state index in [1.807, 2.05) is 36.5 Å². The monoisotopic (exact) mass is 524 g/mol. The molecule has 0 spiro atoms. The molecular formula is C36H29FN2O. The van der Waals surface area contributed by atoms with Crippen LogP contribution in [0.4, 0.5) is 15.8 Å². The van der Waals surface area contributed by atoms with E-state index in [-0.39, 0.29) is 18.5 Å². The van der Waals surface area contributed by atoms with Gasteiger partial charge in [0.2, 0.25) is 0 Å². The Balaban J connectivity index is 1.15. The van der Waals surface area contributed by atoms with Crippen molar-refractivity contribution >= 4 is 28.4 Å². The number of hydrogen-bond donors (Lipinski definition) is 1. The van der Waals surface area contributed by atoms with E-state index in [0.717, 1.165) is 34.0 Å². The Morgan fingerprint density at radius 1 is 0.875 bits per heavy atom. The molecular weight excluding hydrogens is 495 g/mol. The summed E-state index contributed by atoms with van der Waals surface area (Å²) >= 11 is 0. The molecule has 1 heterocycles. The number of para-hydroxylation sites is 1. The van der Waals surface area contributed by atoms with Crippen LogP contribution in [0.15, 0.2) is 126 Å². The van der Waals surface area contributed by atoms with Crippen LogP contribution in [0.25, 0.3) is 10.8 Å². The van der Waals surface area contributed by atoms with Crippen LogP contribution in [0.1, 0.15) is 40.6 Å². The van der Waals surface area contributed by atoms with Crippen LogP contribution in [0.3, 0.4) is 0 Å². The van der Waals surface area contributed by atoms with Crippen molar-refractivity contribution in [3.05, 3.63) is 149 Å². The smallest absolute Gasteiger partial charge is 0.129 e.